The lowest BCUT2D eigenvalue weighted by Crippen LogP contribution is -2.51. The highest BCUT2D eigenvalue weighted by Crippen LogP contribution is 2.45. The molecule has 5 heteroatoms. The largest absolute Gasteiger partial charge is 0.481 e. The van der Waals surface area contributed by atoms with Gasteiger partial charge < -0.3 is 14.7 Å². The Hall–Kier alpha value is -1.10. The Bertz CT molecular complexity index is 411. The van der Waals surface area contributed by atoms with Crippen molar-refractivity contribution in [3.63, 3.8) is 0 Å². The van der Waals surface area contributed by atoms with Crippen LogP contribution in [0.15, 0.2) is 0 Å². The second-order valence-electron chi connectivity index (χ2n) is 6.27. The molecule has 20 heavy (non-hydrogen) atoms. The summed E-state index contributed by atoms with van der Waals surface area (Å²) < 4.78 is 5.71. The molecule has 2 bridgehead atoms. The van der Waals surface area contributed by atoms with E-state index >= 15 is 0 Å². The topological polar surface area (TPSA) is 66.8 Å². The highest BCUT2D eigenvalue weighted by Gasteiger charge is 2.56. The molecule has 3 heterocycles. The van der Waals surface area contributed by atoms with Gasteiger partial charge >= 0.3 is 5.97 Å². The van der Waals surface area contributed by atoms with Crippen molar-refractivity contribution in [2.75, 3.05) is 6.54 Å². The number of carbonyl (C=O) groups excluding carboxylic acids is 1. The lowest BCUT2D eigenvalue weighted by Gasteiger charge is -2.38. The molecule has 0 saturated carbocycles. The number of rotatable bonds is 3. The third kappa shape index (κ3) is 2.12. The zero-order valence-corrected chi connectivity index (χ0v) is 12.0. The van der Waals surface area contributed by atoms with Crippen molar-refractivity contribution in [3.05, 3.63) is 0 Å². The molecular weight excluding hydrogens is 258 g/mol. The van der Waals surface area contributed by atoms with Gasteiger partial charge in [0.2, 0.25) is 5.91 Å². The maximum Gasteiger partial charge on any atom is 0.310 e. The van der Waals surface area contributed by atoms with Crippen LogP contribution in [0.2, 0.25) is 0 Å². The number of fused-ring (bicyclic) bond motifs is 2. The molecule has 0 aliphatic carbocycles. The molecule has 0 aromatic rings. The van der Waals surface area contributed by atoms with Crippen molar-refractivity contribution < 1.29 is 19.4 Å². The first-order valence-corrected chi connectivity index (χ1v) is 7.82. The van der Waals surface area contributed by atoms with Crippen LogP contribution >= 0.6 is 0 Å². The number of carboxylic acids is 1. The quantitative estimate of drug-likeness (QED) is 0.854. The summed E-state index contributed by atoms with van der Waals surface area (Å²) in [6.45, 7) is 2.87. The molecule has 5 nitrogen and oxygen atoms in total. The number of carbonyl (C=O) groups is 2. The Balaban J connectivity index is 1.80. The van der Waals surface area contributed by atoms with E-state index in [0.29, 0.717) is 0 Å². The Morgan fingerprint density at radius 2 is 1.85 bits per heavy atom. The standard InChI is InChI=1S/C15H23NO4/c1-2-9-5-3-4-8-16(9)14(17)12-10-6-7-11(20-10)13(12)15(18)19/h9-13H,2-8H2,1H3,(H,18,19)/t9-,10+,11+,12-,13+/m1/s1. The molecule has 1 N–H and O–H groups in total. The van der Waals surface area contributed by atoms with Crippen LogP contribution in [0.25, 0.3) is 0 Å². The third-order valence-corrected chi connectivity index (χ3v) is 5.23. The summed E-state index contributed by atoms with van der Waals surface area (Å²) in [5, 5.41) is 9.43. The number of amides is 1. The van der Waals surface area contributed by atoms with Crippen LogP contribution in [-0.4, -0.2) is 46.7 Å². The van der Waals surface area contributed by atoms with E-state index in [1.165, 1.54) is 0 Å². The van der Waals surface area contributed by atoms with Crippen LogP contribution in [0.5, 0.6) is 0 Å². The molecule has 0 aromatic heterocycles. The van der Waals surface area contributed by atoms with Crippen LogP contribution < -0.4 is 0 Å². The van der Waals surface area contributed by atoms with E-state index in [2.05, 4.69) is 6.92 Å². The molecule has 0 radical (unpaired) electrons. The van der Waals surface area contributed by atoms with Crippen LogP contribution in [0.4, 0.5) is 0 Å². The molecule has 0 spiro atoms. The molecule has 0 aromatic carbocycles. The minimum absolute atomic E-state index is 0.0242. The molecular formula is C15H23NO4. The van der Waals surface area contributed by atoms with Crippen LogP contribution in [0.3, 0.4) is 0 Å². The molecule has 0 unspecified atom stereocenters. The Morgan fingerprint density at radius 3 is 2.50 bits per heavy atom. The van der Waals surface area contributed by atoms with Crippen molar-refractivity contribution in [3.8, 4) is 0 Å². The summed E-state index contributed by atoms with van der Waals surface area (Å²) in [6.07, 6.45) is 5.37. The predicted molar refractivity (Wildman–Crippen MR) is 72.2 cm³/mol. The lowest BCUT2D eigenvalue weighted by molar-refractivity contribution is -0.152. The maximum absolute atomic E-state index is 12.9. The Kier molecular flexibility index (Phi) is 3.71. The first-order chi connectivity index (χ1) is 9.63. The summed E-state index contributed by atoms with van der Waals surface area (Å²) in [4.78, 5) is 26.3. The van der Waals surface area contributed by atoms with Crippen molar-refractivity contribution in [1.29, 1.82) is 0 Å². The van der Waals surface area contributed by atoms with Gasteiger partial charge in [0, 0.05) is 12.6 Å². The minimum Gasteiger partial charge on any atom is -0.481 e. The normalized spacial score (nSPS) is 40.0. The number of hydrogen-bond donors (Lipinski definition) is 1. The van der Waals surface area contributed by atoms with Crippen molar-refractivity contribution in [1.82, 2.24) is 4.90 Å². The number of carboxylic acid groups (broad SMARTS) is 1. The summed E-state index contributed by atoms with van der Waals surface area (Å²) in [5.41, 5.74) is 0. The highest BCUT2D eigenvalue weighted by molar-refractivity contribution is 5.87. The van der Waals surface area contributed by atoms with Gasteiger partial charge in [-0.15, -0.1) is 0 Å². The van der Waals surface area contributed by atoms with E-state index < -0.39 is 17.8 Å². The first kappa shape index (κ1) is 13.9. The first-order valence-electron chi connectivity index (χ1n) is 7.82. The maximum atomic E-state index is 12.9. The molecule has 3 saturated heterocycles. The summed E-state index contributed by atoms with van der Waals surface area (Å²) >= 11 is 0. The average Bonchev–Trinajstić information content (AvgIpc) is 3.06. The van der Waals surface area contributed by atoms with Crippen LogP contribution in [0, 0.1) is 11.8 Å². The number of aliphatic carboxylic acids is 1. The lowest BCUT2D eigenvalue weighted by atomic mass is 9.78. The molecule has 1 amide bonds. The number of nitrogens with zero attached hydrogens (tertiary/aromatic N) is 1. The van der Waals surface area contributed by atoms with Gasteiger partial charge in [-0.05, 0) is 38.5 Å². The SMILES string of the molecule is CC[C@@H]1CCCCN1C(=O)[C@H]1[C@@H](C(=O)O)[C@@H]2CC[C@@H]1O2. The molecule has 112 valence electrons. The summed E-state index contributed by atoms with van der Waals surface area (Å²) in [6, 6.07) is 0.282. The Labute approximate surface area is 119 Å². The predicted octanol–water partition coefficient (Wildman–Crippen LogP) is 1.66. The van der Waals surface area contributed by atoms with Gasteiger partial charge in [0.15, 0.2) is 0 Å². The number of likely N-dealkylation sites (tertiary alicyclic amines) is 1. The Morgan fingerprint density at radius 1 is 1.15 bits per heavy atom. The van der Waals surface area contributed by atoms with Crippen molar-refractivity contribution in [2.45, 2.75) is 63.7 Å². The van der Waals surface area contributed by atoms with Gasteiger partial charge in [-0.25, -0.2) is 0 Å². The van der Waals surface area contributed by atoms with Crippen LogP contribution in [0.1, 0.15) is 45.4 Å². The zero-order valence-electron chi connectivity index (χ0n) is 12.0. The highest BCUT2D eigenvalue weighted by atomic mass is 16.5. The van der Waals surface area contributed by atoms with E-state index in [1.54, 1.807) is 0 Å². The number of hydrogen-bond acceptors (Lipinski definition) is 3. The fourth-order valence-electron chi connectivity index (χ4n) is 4.21. The molecule has 3 aliphatic rings. The molecule has 3 rings (SSSR count). The summed E-state index contributed by atoms with van der Waals surface area (Å²) in [5.74, 6) is -1.95. The van der Waals surface area contributed by atoms with E-state index in [1.807, 2.05) is 4.90 Å². The summed E-state index contributed by atoms with van der Waals surface area (Å²) in [7, 11) is 0. The zero-order chi connectivity index (χ0) is 14.3. The number of piperidine rings is 1. The molecule has 3 aliphatic heterocycles. The van der Waals surface area contributed by atoms with Gasteiger partial charge in [0.25, 0.3) is 0 Å². The van der Waals surface area contributed by atoms with E-state index in [4.69, 9.17) is 4.74 Å². The van der Waals surface area contributed by atoms with Gasteiger partial charge in [0.05, 0.1) is 24.0 Å². The fourth-order valence-corrected chi connectivity index (χ4v) is 4.21. The molecule has 5 atom stereocenters. The van der Waals surface area contributed by atoms with E-state index in [0.717, 1.165) is 45.1 Å². The van der Waals surface area contributed by atoms with Gasteiger partial charge in [0.1, 0.15) is 0 Å². The van der Waals surface area contributed by atoms with Crippen LogP contribution in [-0.2, 0) is 14.3 Å². The third-order valence-electron chi connectivity index (χ3n) is 5.23. The smallest absolute Gasteiger partial charge is 0.310 e. The monoisotopic (exact) mass is 281 g/mol. The second kappa shape index (κ2) is 5.35. The average molecular weight is 281 g/mol. The number of ether oxygens (including phenoxy) is 1. The van der Waals surface area contributed by atoms with Crippen molar-refractivity contribution in [2.24, 2.45) is 11.8 Å². The van der Waals surface area contributed by atoms with E-state index in [9.17, 15) is 14.7 Å². The van der Waals surface area contributed by atoms with Gasteiger partial charge in [-0.2, -0.15) is 0 Å². The second-order valence-corrected chi connectivity index (χ2v) is 6.27. The van der Waals surface area contributed by atoms with Crippen molar-refractivity contribution >= 4 is 11.9 Å². The van der Waals surface area contributed by atoms with E-state index in [-0.39, 0.29) is 24.2 Å². The molecule has 3 fully saturated rings. The minimum atomic E-state index is -0.874. The van der Waals surface area contributed by atoms with Gasteiger partial charge in [-0.3, -0.25) is 9.59 Å². The fraction of sp³-hybridized carbons (Fsp3) is 0.867. The van der Waals surface area contributed by atoms with Gasteiger partial charge in [-0.1, -0.05) is 6.92 Å².